The lowest BCUT2D eigenvalue weighted by Crippen LogP contribution is -2.38. The Hall–Kier alpha value is 0.170. The molecule has 1 saturated heterocycles. The highest BCUT2D eigenvalue weighted by atomic mass is 35.5. The molecule has 0 saturated carbocycles. The average Bonchev–Trinajstić information content (AvgIpc) is 1.90. The zero-order valence-electron chi connectivity index (χ0n) is 5.42. The van der Waals surface area contributed by atoms with Crippen molar-refractivity contribution in [2.24, 2.45) is 0 Å². The van der Waals surface area contributed by atoms with Crippen LogP contribution in [0.2, 0.25) is 0 Å². The molecule has 0 aromatic heterocycles. The minimum Gasteiger partial charge on any atom is -0.375 e. The van der Waals surface area contributed by atoms with Crippen molar-refractivity contribution in [3.8, 4) is 0 Å². The van der Waals surface area contributed by atoms with E-state index in [1.54, 1.807) is 0 Å². The van der Waals surface area contributed by atoms with Gasteiger partial charge in [-0.05, 0) is 7.05 Å². The van der Waals surface area contributed by atoms with Gasteiger partial charge in [0.25, 0.3) is 0 Å². The summed E-state index contributed by atoms with van der Waals surface area (Å²) in [5.41, 5.74) is 0. The predicted octanol–water partition coefficient (Wildman–Crippen LogP) is 0.000500. The molecule has 56 valence electrons. The fourth-order valence-electron chi connectivity index (χ4n) is 0.654. The Morgan fingerprint density at radius 3 is 2.56 bits per heavy atom. The van der Waals surface area contributed by atoms with E-state index in [9.17, 15) is 0 Å². The first-order valence-corrected chi connectivity index (χ1v) is 2.80. The van der Waals surface area contributed by atoms with E-state index in [2.05, 4.69) is 5.32 Å². The molecule has 9 heavy (non-hydrogen) atoms. The first-order chi connectivity index (χ1) is 3.93. The van der Waals surface area contributed by atoms with E-state index in [1.165, 1.54) is 0 Å². The van der Waals surface area contributed by atoms with Crippen LogP contribution in [0, 0.1) is 0 Å². The van der Waals surface area contributed by atoms with E-state index in [-0.39, 0.29) is 18.6 Å². The Bertz CT molecular complexity index is 66.0. The Labute approximate surface area is 61.1 Å². The highest BCUT2D eigenvalue weighted by molar-refractivity contribution is 5.85. The molecule has 1 N–H and O–H groups in total. The molecular formula is C5H12ClNO2. The van der Waals surface area contributed by atoms with E-state index < -0.39 is 0 Å². The summed E-state index contributed by atoms with van der Waals surface area (Å²) in [7, 11) is 1.86. The van der Waals surface area contributed by atoms with Crippen molar-refractivity contribution < 1.29 is 9.47 Å². The number of rotatable bonds is 1. The number of halogens is 1. The molecule has 0 bridgehead atoms. The van der Waals surface area contributed by atoms with Crippen LogP contribution in [0.15, 0.2) is 0 Å². The van der Waals surface area contributed by atoms with Gasteiger partial charge in [0.1, 0.15) is 6.23 Å². The van der Waals surface area contributed by atoms with E-state index in [0.717, 1.165) is 6.61 Å². The number of hydrogen-bond acceptors (Lipinski definition) is 3. The second-order valence-corrected chi connectivity index (χ2v) is 1.72. The molecule has 1 aliphatic heterocycles. The van der Waals surface area contributed by atoms with E-state index in [4.69, 9.17) is 9.47 Å². The van der Waals surface area contributed by atoms with Gasteiger partial charge in [-0.25, -0.2) is 0 Å². The maximum Gasteiger partial charge on any atom is 0.131 e. The molecule has 3 nitrogen and oxygen atoms in total. The molecule has 0 spiro atoms. The maximum absolute atomic E-state index is 5.19. The molecule has 0 radical (unpaired) electrons. The largest absolute Gasteiger partial charge is 0.375 e. The lowest BCUT2D eigenvalue weighted by atomic mass is 10.5. The topological polar surface area (TPSA) is 30.5 Å². The van der Waals surface area contributed by atoms with Gasteiger partial charge in [0, 0.05) is 0 Å². The third-order valence-electron chi connectivity index (χ3n) is 1.14. The van der Waals surface area contributed by atoms with Gasteiger partial charge in [-0.15, -0.1) is 12.4 Å². The number of ether oxygens (including phenoxy) is 2. The molecule has 1 heterocycles. The zero-order valence-corrected chi connectivity index (χ0v) is 6.24. The second-order valence-electron chi connectivity index (χ2n) is 1.72. The second kappa shape index (κ2) is 4.99. The fraction of sp³-hybridized carbons (Fsp3) is 1.00. The monoisotopic (exact) mass is 153 g/mol. The molecule has 1 rings (SSSR count). The summed E-state index contributed by atoms with van der Waals surface area (Å²) in [5, 5.41) is 2.96. The Balaban J connectivity index is 0.000000640. The number of hydrogen-bond donors (Lipinski definition) is 1. The van der Waals surface area contributed by atoms with Crippen molar-refractivity contribution in [3.63, 3.8) is 0 Å². The van der Waals surface area contributed by atoms with Crippen LogP contribution >= 0.6 is 12.4 Å². The van der Waals surface area contributed by atoms with E-state index in [1.807, 2.05) is 7.05 Å². The average molecular weight is 154 g/mol. The SMILES string of the molecule is CN[C@H]1COCCO1.Cl. The van der Waals surface area contributed by atoms with Gasteiger partial charge in [-0.1, -0.05) is 0 Å². The standard InChI is InChI=1S/C5H11NO2.ClH/c1-6-5-4-7-2-3-8-5;/h5-6H,2-4H2,1H3;1H/t5-;/m1./s1. The van der Waals surface area contributed by atoms with Crippen LogP contribution in [0.3, 0.4) is 0 Å². The summed E-state index contributed by atoms with van der Waals surface area (Å²) in [4.78, 5) is 0. The molecule has 0 amide bonds. The molecule has 4 heteroatoms. The van der Waals surface area contributed by atoms with Crippen LogP contribution in [0.1, 0.15) is 0 Å². The van der Waals surface area contributed by atoms with Gasteiger partial charge in [0.15, 0.2) is 0 Å². The lowest BCUT2D eigenvalue weighted by molar-refractivity contribution is -0.0984. The van der Waals surface area contributed by atoms with Crippen LogP contribution in [0.25, 0.3) is 0 Å². The zero-order chi connectivity index (χ0) is 5.82. The molecule has 0 aromatic carbocycles. The lowest BCUT2D eigenvalue weighted by Gasteiger charge is -2.21. The summed E-state index contributed by atoms with van der Waals surface area (Å²) < 4.78 is 10.3. The van der Waals surface area contributed by atoms with Crippen molar-refractivity contribution in [2.45, 2.75) is 6.23 Å². The molecule has 0 unspecified atom stereocenters. The van der Waals surface area contributed by atoms with E-state index in [0.29, 0.717) is 13.2 Å². The molecule has 0 aliphatic carbocycles. The fourth-order valence-corrected chi connectivity index (χ4v) is 0.654. The van der Waals surface area contributed by atoms with Crippen LogP contribution in [-0.2, 0) is 9.47 Å². The summed E-state index contributed by atoms with van der Waals surface area (Å²) in [6.45, 7) is 2.13. The highest BCUT2D eigenvalue weighted by Crippen LogP contribution is 1.94. The molecule has 0 aromatic rings. The van der Waals surface area contributed by atoms with Gasteiger partial charge in [-0.3, -0.25) is 5.32 Å². The molecule has 1 atom stereocenters. The van der Waals surface area contributed by atoms with Crippen LogP contribution < -0.4 is 5.32 Å². The first kappa shape index (κ1) is 9.17. The minimum atomic E-state index is 0. The van der Waals surface area contributed by atoms with Gasteiger partial charge in [0.05, 0.1) is 19.8 Å². The van der Waals surface area contributed by atoms with Crippen LogP contribution in [0.4, 0.5) is 0 Å². The summed E-state index contributed by atoms with van der Waals surface area (Å²) in [6, 6.07) is 0. The van der Waals surface area contributed by atoms with Crippen molar-refractivity contribution >= 4 is 12.4 Å². The Morgan fingerprint density at radius 2 is 2.22 bits per heavy atom. The summed E-state index contributed by atoms with van der Waals surface area (Å²) in [5.74, 6) is 0. The maximum atomic E-state index is 5.19. The van der Waals surface area contributed by atoms with Crippen LogP contribution in [0.5, 0.6) is 0 Å². The van der Waals surface area contributed by atoms with Gasteiger partial charge < -0.3 is 9.47 Å². The van der Waals surface area contributed by atoms with Crippen LogP contribution in [-0.4, -0.2) is 33.1 Å². The Morgan fingerprint density at radius 1 is 1.44 bits per heavy atom. The quantitative estimate of drug-likeness (QED) is 0.576. The van der Waals surface area contributed by atoms with Crippen molar-refractivity contribution in [2.75, 3.05) is 26.9 Å². The molecule has 1 fully saturated rings. The predicted molar refractivity (Wildman–Crippen MR) is 36.9 cm³/mol. The van der Waals surface area contributed by atoms with Crippen molar-refractivity contribution in [1.29, 1.82) is 0 Å². The normalized spacial score (nSPS) is 27.0. The minimum absolute atomic E-state index is 0. The van der Waals surface area contributed by atoms with Gasteiger partial charge in [-0.2, -0.15) is 0 Å². The third kappa shape index (κ3) is 3.01. The van der Waals surface area contributed by atoms with Crippen molar-refractivity contribution in [1.82, 2.24) is 5.32 Å². The smallest absolute Gasteiger partial charge is 0.131 e. The molecule has 1 aliphatic rings. The molecular weight excluding hydrogens is 142 g/mol. The first-order valence-electron chi connectivity index (χ1n) is 2.80. The van der Waals surface area contributed by atoms with Gasteiger partial charge >= 0.3 is 0 Å². The highest BCUT2D eigenvalue weighted by Gasteiger charge is 2.09. The number of likely N-dealkylation sites (N-methyl/N-ethyl adjacent to an activating group) is 1. The van der Waals surface area contributed by atoms with Crippen molar-refractivity contribution in [3.05, 3.63) is 0 Å². The summed E-state index contributed by atoms with van der Waals surface area (Å²) >= 11 is 0. The van der Waals surface area contributed by atoms with E-state index >= 15 is 0 Å². The van der Waals surface area contributed by atoms with Gasteiger partial charge in [0.2, 0.25) is 0 Å². The Kier molecular flexibility index (Phi) is 5.09. The third-order valence-corrected chi connectivity index (χ3v) is 1.14. The summed E-state index contributed by atoms with van der Waals surface area (Å²) in [6.07, 6.45) is 0.115. The number of nitrogens with one attached hydrogen (secondary N) is 1.